The van der Waals surface area contributed by atoms with Gasteiger partial charge in [0, 0.05) is 6.04 Å². The van der Waals surface area contributed by atoms with Crippen molar-refractivity contribution in [3.8, 4) is 0 Å². The van der Waals surface area contributed by atoms with Gasteiger partial charge in [0.15, 0.2) is 11.6 Å². The van der Waals surface area contributed by atoms with Crippen LogP contribution in [0.15, 0.2) is 18.3 Å². The number of hydrogen-bond donors (Lipinski definition) is 1. The Labute approximate surface area is 92.4 Å². The molecule has 0 aliphatic heterocycles. The molecule has 1 heterocycles. The Hall–Kier alpha value is -1.16. The number of anilines is 1. The summed E-state index contributed by atoms with van der Waals surface area (Å²) >= 11 is 5.59. The van der Waals surface area contributed by atoms with Gasteiger partial charge in [0.25, 0.3) is 0 Å². The van der Waals surface area contributed by atoms with Gasteiger partial charge in [0.2, 0.25) is 5.28 Å². The van der Waals surface area contributed by atoms with Crippen LogP contribution in [-0.2, 0) is 0 Å². The SMILES string of the molecule is Fc1cnc(Cl)nc1NC1CC=CCC1. The fourth-order valence-electron chi connectivity index (χ4n) is 1.56. The molecular weight excluding hydrogens is 217 g/mol. The van der Waals surface area contributed by atoms with E-state index in [4.69, 9.17) is 11.6 Å². The fourth-order valence-corrected chi connectivity index (χ4v) is 1.70. The average molecular weight is 228 g/mol. The molecule has 1 aromatic heterocycles. The van der Waals surface area contributed by atoms with Crippen LogP contribution in [0.1, 0.15) is 19.3 Å². The van der Waals surface area contributed by atoms with Crippen LogP contribution in [0.4, 0.5) is 10.2 Å². The van der Waals surface area contributed by atoms with Gasteiger partial charge in [-0.2, -0.15) is 4.98 Å². The number of hydrogen-bond acceptors (Lipinski definition) is 3. The average Bonchev–Trinajstić information content (AvgIpc) is 2.25. The van der Waals surface area contributed by atoms with Crippen molar-refractivity contribution in [3.05, 3.63) is 29.4 Å². The van der Waals surface area contributed by atoms with Gasteiger partial charge in [0.05, 0.1) is 6.20 Å². The lowest BCUT2D eigenvalue weighted by Gasteiger charge is -2.19. The first kappa shape index (κ1) is 10.4. The molecule has 80 valence electrons. The number of rotatable bonds is 2. The van der Waals surface area contributed by atoms with Gasteiger partial charge in [-0.3, -0.25) is 0 Å². The van der Waals surface area contributed by atoms with Crippen LogP contribution in [0.3, 0.4) is 0 Å². The maximum atomic E-state index is 13.3. The van der Waals surface area contributed by atoms with E-state index in [1.165, 1.54) is 0 Å². The standard InChI is InChI=1S/C10H11ClFN3/c11-10-13-6-8(12)9(15-10)14-7-4-2-1-3-5-7/h1-2,6-7H,3-5H2,(H,13,14,15). The van der Waals surface area contributed by atoms with E-state index in [9.17, 15) is 4.39 Å². The molecule has 5 heteroatoms. The van der Waals surface area contributed by atoms with Gasteiger partial charge in [-0.1, -0.05) is 12.2 Å². The van der Waals surface area contributed by atoms with Crippen molar-refractivity contribution in [1.29, 1.82) is 0 Å². The quantitative estimate of drug-likeness (QED) is 0.624. The summed E-state index contributed by atoms with van der Waals surface area (Å²) in [5.74, 6) is -0.274. The molecule has 0 amide bonds. The number of allylic oxidation sites excluding steroid dienone is 1. The Balaban J connectivity index is 2.09. The predicted octanol–water partition coefficient (Wildman–Crippen LogP) is 2.79. The second-order valence-electron chi connectivity index (χ2n) is 3.46. The molecule has 1 unspecified atom stereocenters. The molecule has 0 fully saturated rings. The van der Waals surface area contributed by atoms with Gasteiger partial charge in [-0.25, -0.2) is 9.37 Å². The van der Waals surface area contributed by atoms with E-state index in [1.54, 1.807) is 0 Å². The predicted molar refractivity (Wildman–Crippen MR) is 57.4 cm³/mol. The normalized spacial score (nSPS) is 20.3. The number of halogens is 2. The molecule has 1 aliphatic carbocycles. The first-order valence-corrected chi connectivity index (χ1v) is 5.23. The summed E-state index contributed by atoms with van der Waals surface area (Å²) in [7, 11) is 0. The molecule has 0 spiro atoms. The summed E-state index contributed by atoms with van der Waals surface area (Å²) in [6, 6.07) is 0.232. The number of nitrogens with one attached hydrogen (secondary N) is 1. The zero-order valence-electron chi connectivity index (χ0n) is 8.08. The van der Waals surface area contributed by atoms with Gasteiger partial charge in [0.1, 0.15) is 0 Å². The zero-order chi connectivity index (χ0) is 10.7. The first-order valence-electron chi connectivity index (χ1n) is 4.85. The van der Waals surface area contributed by atoms with E-state index in [1.807, 2.05) is 0 Å². The molecule has 1 aromatic rings. The maximum Gasteiger partial charge on any atom is 0.224 e. The van der Waals surface area contributed by atoms with E-state index in [0.717, 1.165) is 25.5 Å². The molecule has 1 N–H and O–H groups in total. The van der Waals surface area contributed by atoms with Crippen LogP contribution in [0, 0.1) is 5.82 Å². The Bertz CT molecular complexity index is 381. The lowest BCUT2D eigenvalue weighted by atomic mass is 10.0. The fraction of sp³-hybridized carbons (Fsp3) is 0.400. The zero-order valence-corrected chi connectivity index (χ0v) is 8.84. The third-order valence-corrected chi connectivity index (χ3v) is 2.51. The Morgan fingerprint density at radius 3 is 3.07 bits per heavy atom. The summed E-state index contributed by atoms with van der Waals surface area (Å²) in [6.07, 6.45) is 8.18. The number of nitrogens with zero attached hydrogens (tertiary/aromatic N) is 2. The molecule has 1 atom stereocenters. The van der Waals surface area contributed by atoms with Crippen molar-refractivity contribution >= 4 is 17.4 Å². The second-order valence-corrected chi connectivity index (χ2v) is 3.80. The van der Waals surface area contributed by atoms with E-state index < -0.39 is 5.82 Å². The molecule has 0 radical (unpaired) electrons. The van der Waals surface area contributed by atoms with E-state index in [0.29, 0.717) is 0 Å². The summed E-state index contributed by atoms with van der Waals surface area (Å²) in [4.78, 5) is 7.37. The maximum absolute atomic E-state index is 13.3. The lowest BCUT2D eigenvalue weighted by Crippen LogP contribution is -2.21. The van der Waals surface area contributed by atoms with Crippen LogP contribution in [0.25, 0.3) is 0 Å². The number of aromatic nitrogens is 2. The lowest BCUT2D eigenvalue weighted by molar-refractivity contribution is 0.596. The third-order valence-electron chi connectivity index (χ3n) is 2.32. The Morgan fingerprint density at radius 2 is 2.33 bits per heavy atom. The monoisotopic (exact) mass is 227 g/mol. The van der Waals surface area contributed by atoms with Crippen molar-refractivity contribution in [2.75, 3.05) is 5.32 Å². The molecule has 3 nitrogen and oxygen atoms in total. The molecule has 15 heavy (non-hydrogen) atoms. The highest BCUT2D eigenvalue weighted by molar-refractivity contribution is 6.28. The highest BCUT2D eigenvalue weighted by atomic mass is 35.5. The highest BCUT2D eigenvalue weighted by Crippen LogP contribution is 2.18. The molecule has 1 aliphatic rings. The van der Waals surface area contributed by atoms with Crippen molar-refractivity contribution in [2.24, 2.45) is 0 Å². The summed E-state index contributed by atoms with van der Waals surface area (Å²) in [5.41, 5.74) is 0. The van der Waals surface area contributed by atoms with Gasteiger partial charge in [-0.15, -0.1) is 0 Å². The van der Waals surface area contributed by atoms with Gasteiger partial charge in [-0.05, 0) is 30.9 Å². The summed E-state index contributed by atoms with van der Waals surface area (Å²) in [5, 5.41) is 3.09. The Kier molecular flexibility index (Phi) is 3.16. The van der Waals surface area contributed by atoms with Crippen molar-refractivity contribution in [1.82, 2.24) is 9.97 Å². The van der Waals surface area contributed by atoms with E-state index >= 15 is 0 Å². The van der Waals surface area contributed by atoms with Crippen LogP contribution in [0.2, 0.25) is 5.28 Å². The summed E-state index contributed by atoms with van der Waals surface area (Å²) < 4.78 is 13.3. The van der Waals surface area contributed by atoms with Crippen molar-refractivity contribution < 1.29 is 4.39 Å². The molecule has 0 saturated carbocycles. The van der Waals surface area contributed by atoms with Crippen LogP contribution >= 0.6 is 11.6 Å². The largest absolute Gasteiger partial charge is 0.364 e. The van der Waals surface area contributed by atoms with Crippen molar-refractivity contribution in [3.63, 3.8) is 0 Å². The molecular formula is C10H11ClFN3. The molecule has 0 aromatic carbocycles. The van der Waals surface area contributed by atoms with Crippen molar-refractivity contribution in [2.45, 2.75) is 25.3 Å². The minimum absolute atomic E-state index is 0.0604. The van der Waals surface area contributed by atoms with Crippen LogP contribution in [-0.4, -0.2) is 16.0 Å². The highest BCUT2D eigenvalue weighted by Gasteiger charge is 2.13. The minimum atomic E-state index is -0.464. The van der Waals surface area contributed by atoms with Crippen LogP contribution < -0.4 is 5.32 Å². The first-order chi connectivity index (χ1) is 7.25. The van der Waals surface area contributed by atoms with Gasteiger partial charge >= 0.3 is 0 Å². The third kappa shape index (κ3) is 2.65. The molecule has 2 rings (SSSR count). The van der Waals surface area contributed by atoms with Gasteiger partial charge < -0.3 is 5.32 Å². The molecule has 0 bridgehead atoms. The Morgan fingerprint density at radius 1 is 1.47 bits per heavy atom. The minimum Gasteiger partial charge on any atom is -0.364 e. The molecule has 0 saturated heterocycles. The second kappa shape index (κ2) is 4.57. The van der Waals surface area contributed by atoms with E-state index in [-0.39, 0.29) is 17.1 Å². The smallest absolute Gasteiger partial charge is 0.224 e. The van der Waals surface area contributed by atoms with E-state index in [2.05, 4.69) is 27.4 Å². The van der Waals surface area contributed by atoms with Crippen LogP contribution in [0.5, 0.6) is 0 Å². The summed E-state index contributed by atoms with van der Waals surface area (Å²) in [6.45, 7) is 0. The topological polar surface area (TPSA) is 37.8 Å².